The van der Waals surface area contributed by atoms with Crippen LogP contribution in [0.15, 0.2) is 35.4 Å². The number of amides is 1. The number of aromatic amines is 1. The summed E-state index contributed by atoms with van der Waals surface area (Å²) < 4.78 is 0. The zero-order chi connectivity index (χ0) is 17.6. The van der Waals surface area contributed by atoms with E-state index in [4.69, 9.17) is 0 Å². The molecule has 1 aliphatic heterocycles. The van der Waals surface area contributed by atoms with E-state index in [0.29, 0.717) is 12.5 Å². The van der Waals surface area contributed by atoms with E-state index in [1.165, 1.54) is 6.20 Å². The summed E-state index contributed by atoms with van der Waals surface area (Å²) in [5.74, 6) is 1.06. The second kappa shape index (κ2) is 7.78. The first-order chi connectivity index (χ1) is 12.2. The Morgan fingerprint density at radius 2 is 1.96 bits per heavy atom. The first-order valence-electron chi connectivity index (χ1n) is 8.47. The SMILES string of the molecule is CCCNC(=O)c1cnc(N2CCN(c3ccccn3)CC2)[nH]c1=O. The van der Waals surface area contributed by atoms with Crippen LogP contribution in [0.25, 0.3) is 0 Å². The number of anilines is 2. The quantitative estimate of drug-likeness (QED) is 0.828. The molecule has 1 aliphatic rings. The highest BCUT2D eigenvalue weighted by Crippen LogP contribution is 2.15. The third kappa shape index (κ3) is 3.96. The minimum absolute atomic E-state index is 0.0457. The number of aromatic nitrogens is 3. The van der Waals surface area contributed by atoms with Crippen molar-refractivity contribution in [2.45, 2.75) is 13.3 Å². The van der Waals surface area contributed by atoms with E-state index in [-0.39, 0.29) is 11.5 Å². The topological polar surface area (TPSA) is 94.2 Å². The van der Waals surface area contributed by atoms with Gasteiger partial charge in [-0.05, 0) is 18.6 Å². The van der Waals surface area contributed by atoms with Gasteiger partial charge in [0.25, 0.3) is 11.5 Å². The van der Waals surface area contributed by atoms with Crippen LogP contribution in [0.3, 0.4) is 0 Å². The fourth-order valence-corrected chi connectivity index (χ4v) is 2.73. The van der Waals surface area contributed by atoms with E-state index < -0.39 is 5.56 Å². The maximum atomic E-state index is 12.2. The fraction of sp³-hybridized carbons (Fsp3) is 0.412. The highest BCUT2D eigenvalue weighted by Gasteiger charge is 2.20. The predicted molar refractivity (Wildman–Crippen MR) is 96.1 cm³/mol. The van der Waals surface area contributed by atoms with Gasteiger partial charge < -0.3 is 15.1 Å². The average Bonchev–Trinajstić information content (AvgIpc) is 2.67. The van der Waals surface area contributed by atoms with Crippen molar-refractivity contribution < 1.29 is 4.79 Å². The molecule has 0 bridgehead atoms. The molecule has 3 rings (SSSR count). The summed E-state index contributed by atoms with van der Waals surface area (Å²) >= 11 is 0. The average molecular weight is 342 g/mol. The van der Waals surface area contributed by atoms with Gasteiger partial charge in [0.2, 0.25) is 5.95 Å². The summed E-state index contributed by atoms with van der Waals surface area (Å²) in [5.41, 5.74) is -0.366. The lowest BCUT2D eigenvalue weighted by atomic mass is 10.3. The Hall–Kier alpha value is -2.90. The van der Waals surface area contributed by atoms with Gasteiger partial charge in [-0.25, -0.2) is 9.97 Å². The minimum atomic E-state index is -0.411. The number of rotatable bonds is 5. The van der Waals surface area contributed by atoms with Crippen LogP contribution < -0.4 is 20.7 Å². The highest BCUT2D eigenvalue weighted by molar-refractivity contribution is 5.93. The number of H-pyrrole nitrogens is 1. The molecule has 8 nitrogen and oxygen atoms in total. The van der Waals surface area contributed by atoms with Crippen molar-refractivity contribution in [2.75, 3.05) is 42.5 Å². The summed E-state index contributed by atoms with van der Waals surface area (Å²) in [6, 6.07) is 5.85. The molecule has 0 unspecified atom stereocenters. The molecule has 1 fully saturated rings. The van der Waals surface area contributed by atoms with E-state index in [1.54, 1.807) is 6.20 Å². The maximum absolute atomic E-state index is 12.2. The molecule has 0 saturated carbocycles. The van der Waals surface area contributed by atoms with Crippen molar-refractivity contribution in [3.63, 3.8) is 0 Å². The molecule has 2 N–H and O–H groups in total. The fourth-order valence-electron chi connectivity index (χ4n) is 2.73. The number of carbonyl (C=O) groups excluding carboxylic acids is 1. The summed E-state index contributed by atoms with van der Waals surface area (Å²) in [7, 11) is 0. The summed E-state index contributed by atoms with van der Waals surface area (Å²) in [4.78, 5) is 39.6. The molecule has 25 heavy (non-hydrogen) atoms. The Morgan fingerprint density at radius 1 is 1.20 bits per heavy atom. The molecule has 132 valence electrons. The van der Waals surface area contributed by atoms with Gasteiger partial charge in [-0.3, -0.25) is 14.6 Å². The number of nitrogens with one attached hydrogen (secondary N) is 2. The van der Waals surface area contributed by atoms with Crippen molar-refractivity contribution in [3.8, 4) is 0 Å². The third-order valence-corrected chi connectivity index (χ3v) is 4.12. The number of piperazine rings is 1. The Morgan fingerprint density at radius 3 is 2.60 bits per heavy atom. The van der Waals surface area contributed by atoms with Crippen LogP contribution in [0.1, 0.15) is 23.7 Å². The molecule has 2 aromatic heterocycles. The molecule has 3 heterocycles. The molecular weight excluding hydrogens is 320 g/mol. The Balaban J connectivity index is 1.65. The standard InChI is InChI=1S/C17H22N6O2/c1-2-6-19-15(24)13-12-20-17(21-16(13)25)23-10-8-22(9-11-23)14-5-3-4-7-18-14/h3-5,7,12H,2,6,8-11H2,1H3,(H,19,24)(H,20,21,25). The van der Waals surface area contributed by atoms with Crippen molar-refractivity contribution in [1.29, 1.82) is 0 Å². The van der Waals surface area contributed by atoms with Crippen molar-refractivity contribution in [3.05, 3.63) is 46.5 Å². The van der Waals surface area contributed by atoms with Gasteiger partial charge >= 0.3 is 0 Å². The third-order valence-electron chi connectivity index (χ3n) is 4.12. The van der Waals surface area contributed by atoms with Gasteiger partial charge in [0.1, 0.15) is 11.4 Å². The van der Waals surface area contributed by atoms with Crippen LogP contribution in [0.2, 0.25) is 0 Å². The lowest BCUT2D eigenvalue weighted by Gasteiger charge is -2.35. The van der Waals surface area contributed by atoms with E-state index in [9.17, 15) is 9.59 Å². The Labute approximate surface area is 145 Å². The zero-order valence-electron chi connectivity index (χ0n) is 14.2. The van der Waals surface area contributed by atoms with E-state index in [1.807, 2.05) is 30.0 Å². The monoisotopic (exact) mass is 342 g/mol. The normalized spacial score (nSPS) is 14.4. The summed E-state index contributed by atoms with van der Waals surface area (Å²) in [6.07, 6.45) is 3.95. The summed E-state index contributed by atoms with van der Waals surface area (Å²) in [5, 5.41) is 2.69. The van der Waals surface area contributed by atoms with Gasteiger partial charge in [0.15, 0.2) is 0 Å². The predicted octanol–water partition coefficient (Wildman–Crippen LogP) is 0.631. The van der Waals surface area contributed by atoms with E-state index in [0.717, 1.165) is 38.4 Å². The Bertz CT molecular complexity index is 768. The number of hydrogen-bond donors (Lipinski definition) is 2. The minimum Gasteiger partial charge on any atom is -0.353 e. The lowest BCUT2D eigenvalue weighted by Crippen LogP contribution is -2.48. The number of pyridine rings is 1. The maximum Gasteiger partial charge on any atom is 0.265 e. The highest BCUT2D eigenvalue weighted by atomic mass is 16.2. The lowest BCUT2D eigenvalue weighted by molar-refractivity contribution is 0.0951. The second-order valence-electron chi connectivity index (χ2n) is 5.87. The molecule has 0 atom stereocenters. The van der Waals surface area contributed by atoms with Crippen LogP contribution in [0, 0.1) is 0 Å². The molecule has 0 aromatic carbocycles. The largest absolute Gasteiger partial charge is 0.353 e. The molecule has 8 heteroatoms. The molecule has 1 amide bonds. The molecule has 1 saturated heterocycles. The molecular formula is C17H22N6O2. The van der Waals surface area contributed by atoms with Gasteiger partial charge in [0, 0.05) is 45.1 Å². The van der Waals surface area contributed by atoms with Crippen molar-refractivity contribution >= 4 is 17.7 Å². The van der Waals surface area contributed by atoms with Gasteiger partial charge in [-0.1, -0.05) is 13.0 Å². The molecule has 0 aliphatic carbocycles. The number of nitrogens with zero attached hydrogens (tertiary/aromatic N) is 4. The van der Waals surface area contributed by atoms with E-state index in [2.05, 4.69) is 25.2 Å². The van der Waals surface area contributed by atoms with Crippen molar-refractivity contribution in [2.24, 2.45) is 0 Å². The van der Waals surface area contributed by atoms with Crippen LogP contribution in [-0.4, -0.2) is 53.6 Å². The first kappa shape index (κ1) is 16.9. The molecule has 0 radical (unpaired) electrons. The van der Waals surface area contributed by atoms with Gasteiger partial charge in [-0.2, -0.15) is 0 Å². The van der Waals surface area contributed by atoms with Gasteiger partial charge in [-0.15, -0.1) is 0 Å². The molecule has 2 aromatic rings. The first-order valence-corrected chi connectivity index (χ1v) is 8.47. The van der Waals surface area contributed by atoms with Crippen LogP contribution in [-0.2, 0) is 0 Å². The smallest absolute Gasteiger partial charge is 0.265 e. The van der Waals surface area contributed by atoms with E-state index >= 15 is 0 Å². The second-order valence-corrected chi connectivity index (χ2v) is 5.87. The van der Waals surface area contributed by atoms with Crippen LogP contribution in [0.4, 0.5) is 11.8 Å². The number of carbonyl (C=O) groups is 1. The summed E-state index contributed by atoms with van der Waals surface area (Å²) in [6.45, 7) is 5.52. The Kier molecular flexibility index (Phi) is 5.27. The molecule has 0 spiro atoms. The van der Waals surface area contributed by atoms with Crippen molar-refractivity contribution in [1.82, 2.24) is 20.3 Å². The number of hydrogen-bond acceptors (Lipinski definition) is 6. The van der Waals surface area contributed by atoms with Crippen LogP contribution >= 0.6 is 0 Å². The van der Waals surface area contributed by atoms with Gasteiger partial charge in [0.05, 0.1) is 0 Å². The zero-order valence-corrected chi connectivity index (χ0v) is 14.2. The van der Waals surface area contributed by atoms with Crippen LogP contribution in [0.5, 0.6) is 0 Å².